The predicted molar refractivity (Wildman–Crippen MR) is 61.4 cm³/mol. The maximum absolute atomic E-state index is 11.2. The molecule has 1 heterocycles. The topological polar surface area (TPSA) is 65.2 Å². The molecular weight excluding hydrogens is 236 g/mol. The molecule has 6 heteroatoms. The minimum atomic E-state index is -0.532. The molecule has 0 aliphatic heterocycles. The van der Waals surface area contributed by atoms with Crippen LogP contribution in [0.5, 0.6) is 0 Å². The van der Waals surface area contributed by atoms with Crippen LogP contribution in [0, 0.1) is 0 Å². The second kappa shape index (κ2) is 5.23. The highest BCUT2D eigenvalue weighted by Crippen LogP contribution is 2.28. The predicted octanol–water partition coefficient (Wildman–Crippen LogP) is 2.22. The summed E-state index contributed by atoms with van der Waals surface area (Å²) in [7, 11) is 1.28. The molecular formula is C9H11ClN2O2S. The van der Waals surface area contributed by atoms with Gasteiger partial charge in [-0.3, -0.25) is 0 Å². The fourth-order valence-electron chi connectivity index (χ4n) is 0.997. The van der Waals surface area contributed by atoms with Gasteiger partial charge in [-0.05, 0) is 11.8 Å². The number of carbonyl (C=O) groups is 1. The van der Waals surface area contributed by atoms with E-state index in [9.17, 15) is 4.79 Å². The van der Waals surface area contributed by atoms with Gasteiger partial charge in [0.25, 0.3) is 0 Å². The molecule has 2 N–H and O–H groups in total. The van der Waals surface area contributed by atoms with Crippen LogP contribution in [-0.4, -0.2) is 23.8 Å². The number of aromatic nitrogens is 1. The van der Waals surface area contributed by atoms with E-state index in [4.69, 9.17) is 17.3 Å². The molecule has 0 aliphatic rings. The van der Waals surface area contributed by atoms with E-state index >= 15 is 0 Å². The number of pyridine rings is 1. The lowest BCUT2D eigenvalue weighted by Gasteiger charge is -2.06. The molecule has 0 spiro atoms. The smallest absolute Gasteiger partial charge is 0.341 e. The average Bonchev–Trinajstić information content (AvgIpc) is 2.22. The maximum atomic E-state index is 11.2. The fourth-order valence-corrected chi connectivity index (χ4v) is 1.94. The summed E-state index contributed by atoms with van der Waals surface area (Å²) in [6, 6.07) is 1.48. The fraction of sp³-hybridized carbons (Fsp3) is 0.333. The van der Waals surface area contributed by atoms with Crippen molar-refractivity contribution in [3.05, 3.63) is 16.7 Å². The number of carbonyl (C=O) groups excluding carboxylic acids is 1. The maximum Gasteiger partial charge on any atom is 0.341 e. The summed E-state index contributed by atoms with van der Waals surface area (Å²) in [5.41, 5.74) is 5.81. The van der Waals surface area contributed by atoms with Gasteiger partial charge in [0.15, 0.2) is 0 Å². The van der Waals surface area contributed by atoms with E-state index in [2.05, 4.69) is 9.72 Å². The summed E-state index contributed by atoms with van der Waals surface area (Å²) in [5, 5.41) is 1.04. The quantitative estimate of drug-likeness (QED) is 0.654. The van der Waals surface area contributed by atoms with Crippen molar-refractivity contribution in [2.45, 2.75) is 11.9 Å². The lowest BCUT2D eigenvalue weighted by atomic mass is 10.2. The lowest BCUT2D eigenvalue weighted by molar-refractivity contribution is 0.0601. The standard InChI is InChI=1S/C9H11ClN2O2S/c1-3-15-8-6(10)4-5(7(11)12-8)9(13)14-2/h4H,3H2,1-2H3,(H2,11,12). The third-order valence-electron chi connectivity index (χ3n) is 1.66. The van der Waals surface area contributed by atoms with Gasteiger partial charge in [-0.1, -0.05) is 18.5 Å². The molecule has 4 nitrogen and oxygen atoms in total. The van der Waals surface area contributed by atoms with E-state index in [0.717, 1.165) is 5.75 Å². The Morgan fingerprint density at radius 1 is 1.73 bits per heavy atom. The van der Waals surface area contributed by atoms with Gasteiger partial charge in [-0.25, -0.2) is 9.78 Å². The molecule has 0 saturated heterocycles. The zero-order valence-corrected chi connectivity index (χ0v) is 9.98. The Kier molecular flexibility index (Phi) is 4.23. The van der Waals surface area contributed by atoms with E-state index in [1.54, 1.807) is 0 Å². The van der Waals surface area contributed by atoms with Crippen LogP contribution < -0.4 is 5.73 Å². The van der Waals surface area contributed by atoms with Gasteiger partial charge in [0.1, 0.15) is 16.4 Å². The monoisotopic (exact) mass is 246 g/mol. The number of hydrogen-bond donors (Lipinski definition) is 1. The highest BCUT2D eigenvalue weighted by atomic mass is 35.5. The van der Waals surface area contributed by atoms with E-state index in [0.29, 0.717) is 10.0 Å². The summed E-state index contributed by atoms with van der Waals surface area (Å²) >= 11 is 7.40. The Balaban J connectivity index is 3.13. The number of rotatable bonds is 3. The van der Waals surface area contributed by atoms with Crippen molar-refractivity contribution >= 4 is 35.1 Å². The summed E-state index contributed by atoms with van der Waals surface area (Å²) in [4.78, 5) is 15.3. The first-order valence-electron chi connectivity index (χ1n) is 4.27. The van der Waals surface area contributed by atoms with Crippen LogP contribution in [0.4, 0.5) is 5.82 Å². The molecule has 0 amide bonds. The molecule has 0 bridgehead atoms. The highest BCUT2D eigenvalue weighted by molar-refractivity contribution is 7.99. The molecule has 0 saturated carbocycles. The molecule has 1 rings (SSSR count). The Bertz CT molecular complexity index is 385. The molecule has 0 unspecified atom stereocenters. The normalized spacial score (nSPS) is 10.1. The van der Waals surface area contributed by atoms with Gasteiger partial charge >= 0.3 is 5.97 Å². The van der Waals surface area contributed by atoms with Gasteiger partial charge in [0, 0.05) is 0 Å². The van der Waals surface area contributed by atoms with Gasteiger partial charge in [-0.2, -0.15) is 0 Å². The molecule has 0 fully saturated rings. The molecule has 1 aromatic heterocycles. The number of thioether (sulfide) groups is 1. The largest absolute Gasteiger partial charge is 0.465 e. The minimum Gasteiger partial charge on any atom is -0.465 e. The Hall–Kier alpha value is -0.940. The van der Waals surface area contributed by atoms with Gasteiger partial charge in [0.2, 0.25) is 0 Å². The Morgan fingerprint density at radius 2 is 2.40 bits per heavy atom. The van der Waals surface area contributed by atoms with E-state index in [1.165, 1.54) is 24.9 Å². The van der Waals surface area contributed by atoms with Crippen molar-refractivity contribution in [3.63, 3.8) is 0 Å². The minimum absolute atomic E-state index is 0.141. The third kappa shape index (κ3) is 2.76. The second-order valence-electron chi connectivity index (χ2n) is 2.63. The molecule has 0 aliphatic carbocycles. The zero-order valence-electron chi connectivity index (χ0n) is 8.41. The van der Waals surface area contributed by atoms with Gasteiger partial charge < -0.3 is 10.5 Å². The number of nitrogens with zero attached hydrogens (tertiary/aromatic N) is 1. The van der Waals surface area contributed by atoms with Crippen LogP contribution in [0.3, 0.4) is 0 Å². The van der Waals surface area contributed by atoms with E-state index in [-0.39, 0.29) is 11.4 Å². The number of anilines is 1. The number of ether oxygens (including phenoxy) is 1. The van der Waals surface area contributed by atoms with Crippen molar-refractivity contribution < 1.29 is 9.53 Å². The second-order valence-corrected chi connectivity index (χ2v) is 4.29. The summed E-state index contributed by atoms with van der Waals surface area (Å²) in [6.07, 6.45) is 0. The van der Waals surface area contributed by atoms with Crippen molar-refractivity contribution in [2.24, 2.45) is 0 Å². The Labute approximate surface area is 97.2 Å². The zero-order chi connectivity index (χ0) is 11.4. The summed E-state index contributed by atoms with van der Waals surface area (Å²) in [5.74, 6) is 0.446. The van der Waals surface area contributed by atoms with Crippen LogP contribution in [-0.2, 0) is 4.74 Å². The molecule has 82 valence electrons. The van der Waals surface area contributed by atoms with Crippen molar-refractivity contribution in [1.29, 1.82) is 0 Å². The summed E-state index contributed by atoms with van der Waals surface area (Å²) in [6.45, 7) is 1.98. The van der Waals surface area contributed by atoms with E-state index < -0.39 is 5.97 Å². The SMILES string of the molecule is CCSc1nc(N)c(C(=O)OC)cc1Cl. The first-order chi connectivity index (χ1) is 7.10. The van der Waals surface area contributed by atoms with Crippen molar-refractivity contribution in [3.8, 4) is 0 Å². The molecule has 15 heavy (non-hydrogen) atoms. The van der Waals surface area contributed by atoms with Crippen LogP contribution in [0.2, 0.25) is 5.02 Å². The first-order valence-corrected chi connectivity index (χ1v) is 5.63. The Morgan fingerprint density at radius 3 is 2.93 bits per heavy atom. The number of nitrogen functional groups attached to an aromatic ring is 1. The number of halogens is 1. The number of nitrogens with two attached hydrogens (primary N) is 1. The van der Waals surface area contributed by atoms with Crippen LogP contribution in [0.15, 0.2) is 11.1 Å². The van der Waals surface area contributed by atoms with Crippen molar-refractivity contribution in [1.82, 2.24) is 4.98 Å². The van der Waals surface area contributed by atoms with Gasteiger partial charge in [0.05, 0.1) is 12.1 Å². The summed E-state index contributed by atoms with van der Waals surface area (Å²) < 4.78 is 4.55. The molecule has 0 radical (unpaired) electrons. The highest BCUT2D eigenvalue weighted by Gasteiger charge is 2.14. The number of methoxy groups -OCH3 is 1. The average molecular weight is 247 g/mol. The first kappa shape index (κ1) is 12.1. The van der Waals surface area contributed by atoms with Crippen LogP contribution in [0.1, 0.15) is 17.3 Å². The number of esters is 1. The van der Waals surface area contributed by atoms with Crippen molar-refractivity contribution in [2.75, 3.05) is 18.6 Å². The van der Waals surface area contributed by atoms with Gasteiger partial charge in [-0.15, -0.1) is 11.8 Å². The van der Waals surface area contributed by atoms with E-state index in [1.807, 2.05) is 6.92 Å². The third-order valence-corrected chi connectivity index (χ3v) is 2.93. The van der Waals surface area contributed by atoms with Crippen LogP contribution >= 0.6 is 23.4 Å². The number of hydrogen-bond acceptors (Lipinski definition) is 5. The lowest BCUT2D eigenvalue weighted by Crippen LogP contribution is -2.08. The molecule has 0 atom stereocenters. The molecule has 0 aromatic carbocycles. The molecule has 1 aromatic rings. The van der Waals surface area contributed by atoms with Crippen LogP contribution in [0.25, 0.3) is 0 Å².